The molecule has 1 aromatic rings. The van der Waals surface area contributed by atoms with Gasteiger partial charge in [-0.2, -0.15) is 0 Å². The summed E-state index contributed by atoms with van der Waals surface area (Å²) in [5, 5.41) is 10.7. The van der Waals surface area contributed by atoms with Gasteiger partial charge < -0.3 is 19.8 Å². The molecule has 136 valence electrons. The Bertz CT molecular complexity index is 742. The molecule has 25 heavy (non-hydrogen) atoms. The molecule has 1 N–H and O–H groups in total. The van der Waals surface area contributed by atoms with E-state index in [9.17, 15) is 19.5 Å². The topological polar surface area (TPSA) is 81.2 Å². The van der Waals surface area contributed by atoms with E-state index in [-0.39, 0.29) is 30.2 Å². The van der Waals surface area contributed by atoms with E-state index in [0.717, 1.165) is 10.4 Å². The van der Waals surface area contributed by atoms with Crippen LogP contribution in [-0.2, 0) is 22.6 Å². The number of nitrogens with zero attached hydrogens (tertiary/aromatic N) is 3. The fourth-order valence-corrected chi connectivity index (χ4v) is 4.52. The lowest BCUT2D eigenvalue weighted by molar-refractivity contribution is -0.143. The molecule has 0 aromatic carbocycles. The van der Waals surface area contributed by atoms with Gasteiger partial charge in [0.05, 0.1) is 12.1 Å². The molecule has 1 atom stereocenters. The zero-order valence-corrected chi connectivity index (χ0v) is 15.7. The quantitative estimate of drug-likeness (QED) is 0.836. The summed E-state index contributed by atoms with van der Waals surface area (Å²) in [4.78, 5) is 42.9. The predicted octanol–water partition coefficient (Wildman–Crippen LogP) is 0.698. The maximum absolute atomic E-state index is 12.7. The average molecular weight is 365 g/mol. The van der Waals surface area contributed by atoms with Crippen molar-refractivity contribution in [3.63, 3.8) is 0 Å². The Morgan fingerprint density at radius 1 is 1.20 bits per heavy atom. The Morgan fingerprint density at radius 3 is 2.52 bits per heavy atom. The van der Waals surface area contributed by atoms with Gasteiger partial charge in [0.15, 0.2) is 0 Å². The maximum Gasteiger partial charge on any atom is 0.257 e. The van der Waals surface area contributed by atoms with Crippen LogP contribution in [0.1, 0.15) is 34.6 Å². The molecule has 0 spiro atoms. The van der Waals surface area contributed by atoms with Crippen molar-refractivity contribution in [1.29, 1.82) is 0 Å². The standard InChI is InChI=1S/C17H23N3O4S/c1-9(2)14(22)16(24)20-6-5-10-11(7-20)25-17-13(10)15(23)18(3)8-12(21)19(17)4/h9,14,22H,5-8H2,1-4H3. The van der Waals surface area contributed by atoms with Crippen molar-refractivity contribution in [2.75, 3.05) is 32.1 Å². The lowest BCUT2D eigenvalue weighted by Gasteiger charge is -2.30. The van der Waals surface area contributed by atoms with Crippen molar-refractivity contribution in [1.82, 2.24) is 9.80 Å². The van der Waals surface area contributed by atoms with E-state index >= 15 is 0 Å². The van der Waals surface area contributed by atoms with Gasteiger partial charge in [0, 0.05) is 25.5 Å². The molecular weight excluding hydrogens is 342 g/mol. The molecule has 1 unspecified atom stereocenters. The summed E-state index contributed by atoms with van der Waals surface area (Å²) in [5.74, 6) is -0.700. The first kappa shape index (κ1) is 17.9. The normalized spacial score (nSPS) is 19.0. The number of carbonyl (C=O) groups excluding carboxylic acids is 3. The third-order valence-corrected chi connectivity index (χ3v) is 6.14. The first-order valence-electron chi connectivity index (χ1n) is 8.35. The molecule has 0 bridgehead atoms. The zero-order valence-electron chi connectivity index (χ0n) is 14.9. The summed E-state index contributed by atoms with van der Waals surface area (Å²) >= 11 is 1.39. The summed E-state index contributed by atoms with van der Waals surface area (Å²) in [6, 6.07) is 0. The second-order valence-electron chi connectivity index (χ2n) is 7.00. The van der Waals surface area contributed by atoms with Gasteiger partial charge in [-0.3, -0.25) is 14.4 Å². The number of thiophene rings is 1. The predicted molar refractivity (Wildman–Crippen MR) is 94.7 cm³/mol. The number of aliphatic hydroxyl groups is 1. The van der Waals surface area contributed by atoms with Gasteiger partial charge in [0.25, 0.3) is 11.8 Å². The van der Waals surface area contributed by atoms with Crippen LogP contribution in [0.15, 0.2) is 0 Å². The number of hydrogen-bond donors (Lipinski definition) is 1. The van der Waals surface area contributed by atoms with Crippen LogP contribution in [-0.4, -0.2) is 65.9 Å². The monoisotopic (exact) mass is 365 g/mol. The van der Waals surface area contributed by atoms with Crippen molar-refractivity contribution in [3.05, 3.63) is 16.0 Å². The molecule has 0 fully saturated rings. The molecule has 0 saturated heterocycles. The molecule has 8 heteroatoms. The van der Waals surface area contributed by atoms with Crippen LogP contribution in [0.4, 0.5) is 5.00 Å². The molecule has 1 aromatic heterocycles. The summed E-state index contributed by atoms with van der Waals surface area (Å²) in [5.41, 5.74) is 1.52. The van der Waals surface area contributed by atoms with Crippen LogP contribution in [0.3, 0.4) is 0 Å². The third kappa shape index (κ3) is 2.93. The minimum Gasteiger partial charge on any atom is -0.383 e. The first-order valence-corrected chi connectivity index (χ1v) is 9.17. The highest BCUT2D eigenvalue weighted by atomic mass is 32.1. The summed E-state index contributed by atoms with van der Waals surface area (Å²) < 4.78 is 0. The van der Waals surface area contributed by atoms with Crippen LogP contribution in [0.2, 0.25) is 0 Å². The zero-order chi connectivity index (χ0) is 18.5. The molecule has 0 radical (unpaired) electrons. The van der Waals surface area contributed by atoms with Gasteiger partial charge in [0.2, 0.25) is 5.91 Å². The number of fused-ring (bicyclic) bond motifs is 3. The van der Waals surface area contributed by atoms with E-state index in [0.29, 0.717) is 30.1 Å². The van der Waals surface area contributed by atoms with Crippen molar-refractivity contribution in [2.24, 2.45) is 5.92 Å². The molecular formula is C17H23N3O4S. The molecule has 2 aliphatic heterocycles. The Hall–Kier alpha value is -1.93. The molecule has 3 heterocycles. The average Bonchev–Trinajstić information content (AvgIpc) is 2.93. The highest BCUT2D eigenvalue weighted by molar-refractivity contribution is 7.17. The minimum absolute atomic E-state index is 0.0662. The second kappa shape index (κ2) is 6.42. The van der Waals surface area contributed by atoms with Gasteiger partial charge in [0.1, 0.15) is 17.6 Å². The van der Waals surface area contributed by atoms with E-state index in [2.05, 4.69) is 0 Å². The summed E-state index contributed by atoms with van der Waals surface area (Å²) in [6.45, 7) is 4.51. The van der Waals surface area contributed by atoms with E-state index in [1.165, 1.54) is 21.1 Å². The van der Waals surface area contributed by atoms with E-state index in [1.807, 2.05) is 0 Å². The smallest absolute Gasteiger partial charge is 0.257 e. The Labute approximate surface area is 150 Å². The lowest BCUT2D eigenvalue weighted by Crippen LogP contribution is -2.44. The SMILES string of the molecule is CC(C)C(O)C(=O)N1CCc2c(sc3c2C(=O)N(C)CC(=O)N3C)C1. The largest absolute Gasteiger partial charge is 0.383 e. The van der Waals surface area contributed by atoms with Crippen molar-refractivity contribution in [3.8, 4) is 0 Å². The fraction of sp³-hybridized carbons (Fsp3) is 0.588. The number of hydrogen-bond acceptors (Lipinski definition) is 5. The molecule has 7 nitrogen and oxygen atoms in total. The molecule has 3 rings (SSSR count). The minimum atomic E-state index is -1.02. The maximum atomic E-state index is 12.7. The first-order chi connectivity index (χ1) is 11.7. The Morgan fingerprint density at radius 2 is 1.88 bits per heavy atom. The van der Waals surface area contributed by atoms with Gasteiger partial charge in [-0.25, -0.2) is 0 Å². The second-order valence-corrected chi connectivity index (χ2v) is 8.08. The Balaban J connectivity index is 1.95. The van der Waals surface area contributed by atoms with Crippen LogP contribution < -0.4 is 4.90 Å². The van der Waals surface area contributed by atoms with Crippen LogP contribution in [0, 0.1) is 5.92 Å². The van der Waals surface area contributed by atoms with Crippen molar-refractivity contribution >= 4 is 34.1 Å². The number of amides is 3. The van der Waals surface area contributed by atoms with Crippen molar-refractivity contribution < 1.29 is 19.5 Å². The van der Waals surface area contributed by atoms with E-state index < -0.39 is 6.10 Å². The number of rotatable bonds is 2. The van der Waals surface area contributed by atoms with Gasteiger partial charge in [-0.1, -0.05) is 13.8 Å². The number of likely N-dealkylation sites (N-methyl/N-ethyl adjacent to an activating group) is 2. The van der Waals surface area contributed by atoms with Gasteiger partial charge in [-0.05, 0) is 17.9 Å². The summed E-state index contributed by atoms with van der Waals surface area (Å²) in [7, 11) is 3.31. The van der Waals surface area contributed by atoms with Crippen LogP contribution in [0.5, 0.6) is 0 Å². The summed E-state index contributed by atoms with van der Waals surface area (Å²) in [6.07, 6.45) is -0.462. The highest BCUT2D eigenvalue weighted by Gasteiger charge is 2.37. The van der Waals surface area contributed by atoms with Crippen LogP contribution >= 0.6 is 11.3 Å². The van der Waals surface area contributed by atoms with Gasteiger partial charge >= 0.3 is 0 Å². The fourth-order valence-electron chi connectivity index (χ4n) is 3.19. The number of aliphatic hydroxyl groups excluding tert-OH is 1. The van der Waals surface area contributed by atoms with Crippen LogP contribution in [0.25, 0.3) is 0 Å². The van der Waals surface area contributed by atoms with Gasteiger partial charge in [-0.15, -0.1) is 11.3 Å². The van der Waals surface area contributed by atoms with E-state index in [4.69, 9.17) is 0 Å². The number of carbonyl (C=O) groups is 3. The molecule has 2 aliphatic rings. The third-order valence-electron chi connectivity index (χ3n) is 4.85. The molecule has 0 aliphatic carbocycles. The molecule has 3 amide bonds. The highest BCUT2D eigenvalue weighted by Crippen LogP contribution is 2.40. The Kier molecular flexibility index (Phi) is 4.59. The van der Waals surface area contributed by atoms with Crippen molar-refractivity contribution in [2.45, 2.75) is 32.9 Å². The molecule has 0 saturated carbocycles. The number of anilines is 1. The lowest BCUT2D eigenvalue weighted by atomic mass is 10.00. The van der Waals surface area contributed by atoms with E-state index in [1.54, 1.807) is 32.8 Å².